The van der Waals surface area contributed by atoms with Gasteiger partial charge in [0, 0.05) is 23.4 Å². The number of aromatic nitrogens is 2. The minimum atomic E-state index is 0.606. The highest BCUT2D eigenvalue weighted by molar-refractivity contribution is 7.99. The van der Waals surface area contributed by atoms with E-state index in [2.05, 4.69) is 22.5 Å². The molecular formula is C12H17N3S. The zero-order valence-electron chi connectivity index (χ0n) is 9.47. The molecule has 0 saturated heterocycles. The van der Waals surface area contributed by atoms with Crippen LogP contribution in [0.2, 0.25) is 0 Å². The third-order valence-electron chi connectivity index (χ3n) is 2.50. The summed E-state index contributed by atoms with van der Waals surface area (Å²) >= 11 is 1.91. The fourth-order valence-electron chi connectivity index (χ4n) is 1.60. The molecule has 2 N–H and O–H groups in total. The van der Waals surface area contributed by atoms with Gasteiger partial charge in [0.05, 0.1) is 5.69 Å². The van der Waals surface area contributed by atoms with Crippen LogP contribution in [0.25, 0.3) is 5.65 Å². The van der Waals surface area contributed by atoms with Crippen LogP contribution in [0.3, 0.4) is 0 Å². The zero-order chi connectivity index (χ0) is 11.4. The first-order valence-corrected chi connectivity index (χ1v) is 6.59. The zero-order valence-corrected chi connectivity index (χ0v) is 10.3. The lowest BCUT2D eigenvalue weighted by Gasteiger charge is -2.07. The molecule has 0 amide bonds. The second-order valence-electron chi connectivity index (χ2n) is 3.90. The minimum absolute atomic E-state index is 0.606. The largest absolute Gasteiger partial charge is 0.330 e. The van der Waals surface area contributed by atoms with E-state index in [0.29, 0.717) is 5.25 Å². The molecule has 2 rings (SSSR count). The number of nitrogens with zero attached hydrogens (tertiary/aromatic N) is 2. The molecule has 0 aromatic carbocycles. The Morgan fingerprint density at radius 1 is 1.50 bits per heavy atom. The van der Waals surface area contributed by atoms with E-state index in [1.54, 1.807) is 0 Å². The van der Waals surface area contributed by atoms with Crippen LogP contribution in [-0.4, -0.2) is 21.2 Å². The Morgan fingerprint density at radius 2 is 2.38 bits per heavy atom. The van der Waals surface area contributed by atoms with Gasteiger partial charge in [0.25, 0.3) is 0 Å². The van der Waals surface area contributed by atoms with Crippen LogP contribution in [-0.2, 0) is 5.75 Å². The molecule has 86 valence electrons. The Morgan fingerprint density at radius 3 is 3.12 bits per heavy atom. The minimum Gasteiger partial charge on any atom is -0.330 e. The normalized spacial score (nSPS) is 13.1. The van der Waals surface area contributed by atoms with Crippen molar-refractivity contribution < 1.29 is 0 Å². The van der Waals surface area contributed by atoms with Crippen molar-refractivity contribution in [3.63, 3.8) is 0 Å². The molecule has 0 radical (unpaired) electrons. The van der Waals surface area contributed by atoms with Gasteiger partial charge in [-0.3, -0.25) is 0 Å². The lowest BCUT2D eigenvalue weighted by molar-refractivity contribution is 0.822. The average molecular weight is 235 g/mol. The Kier molecular flexibility index (Phi) is 3.85. The molecule has 1 atom stereocenters. The molecule has 0 saturated carbocycles. The molecule has 16 heavy (non-hydrogen) atoms. The summed E-state index contributed by atoms with van der Waals surface area (Å²) in [5, 5.41) is 0.606. The van der Waals surface area contributed by atoms with E-state index < -0.39 is 0 Å². The molecule has 0 spiro atoms. The number of thioether (sulfide) groups is 1. The van der Waals surface area contributed by atoms with E-state index in [9.17, 15) is 0 Å². The molecule has 4 heteroatoms. The van der Waals surface area contributed by atoms with Gasteiger partial charge in [-0.2, -0.15) is 11.8 Å². The van der Waals surface area contributed by atoms with Crippen molar-refractivity contribution in [2.45, 2.75) is 24.3 Å². The number of fused-ring (bicyclic) bond motifs is 1. The first-order chi connectivity index (χ1) is 7.79. The standard InChI is InChI=1S/C12H17N3S/c1-10(5-6-13)16-9-11-8-15-7-3-2-4-12(15)14-11/h2-4,7-8,10H,5-6,9,13H2,1H3. The van der Waals surface area contributed by atoms with Gasteiger partial charge >= 0.3 is 0 Å². The summed E-state index contributed by atoms with van der Waals surface area (Å²) < 4.78 is 2.06. The quantitative estimate of drug-likeness (QED) is 0.865. The van der Waals surface area contributed by atoms with Crippen LogP contribution < -0.4 is 5.73 Å². The van der Waals surface area contributed by atoms with Gasteiger partial charge in [-0.1, -0.05) is 13.0 Å². The smallest absolute Gasteiger partial charge is 0.137 e. The Balaban J connectivity index is 1.99. The number of hydrogen-bond donors (Lipinski definition) is 1. The maximum atomic E-state index is 5.53. The highest BCUT2D eigenvalue weighted by Gasteiger charge is 2.05. The van der Waals surface area contributed by atoms with Gasteiger partial charge in [-0.25, -0.2) is 4.98 Å². The predicted molar refractivity (Wildman–Crippen MR) is 69.6 cm³/mol. The summed E-state index contributed by atoms with van der Waals surface area (Å²) in [6, 6.07) is 6.05. The predicted octanol–water partition coefficient (Wildman–Crippen LogP) is 2.30. The maximum absolute atomic E-state index is 5.53. The molecule has 0 fully saturated rings. The van der Waals surface area contributed by atoms with Crippen LogP contribution >= 0.6 is 11.8 Å². The molecule has 0 aliphatic heterocycles. The summed E-state index contributed by atoms with van der Waals surface area (Å²) in [5.74, 6) is 0.961. The van der Waals surface area contributed by atoms with Crippen LogP contribution in [0.15, 0.2) is 30.6 Å². The second-order valence-corrected chi connectivity index (χ2v) is 5.32. The number of hydrogen-bond acceptors (Lipinski definition) is 3. The Hall–Kier alpha value is -1.00. The van der Waals surface area contributed by atoms with Crippen LogP contribution in [0.1, 0.15) is 19.0 Å². The third kappa shape index (κ3) is 2.77. The molecule has 2 aromatic heterocycles. The molecule has 3 nitrogen and oxygen atoms in total. The van der Waals surface area contributed by atoms with Crippen molar-refractivity contribution >= 4 is 17.4 Å². The van der Waals surface area contributed by atoms with Gasteiger partial charge in [0.15, 0.2) is 0 Å². The Bertz CT molecular complexity index is 419. The number of nitrogens with two attached hydrogens (primary N) is 1. The van der Waals surface area contributed by atoms with E-state index in [4.69, 9.17) is 5.73 Å². The molecule has 0 aliphatic carbocycles. The maximum Gasteiger partial charge on any atom is 0.137 e. The number of pyridine rings is 1. The van der Waals surface area contributed by atoms with Gasteiger partial charge < -0.3 is 10.1 Å². The summed E-state index contributed by atoms with van der Waals surface area (Å²) in [6.07, 6.45) is 5.19. The highest BCUT2D eigenvalue weighted by atomic mass is 32.2. The van der Waals surface area contributed by atoms with Crippen molar-refractivity contribution in [1.82, 2.24) is 9.38 Å². The lowest BCUT2D eigenvalue weighted by Crippen LogP contribution is -2.07. The summed E-state index contributed by atoms with van der Waals surface area (Å²) in [6.45, 7) is 2.98. The first kappa shape index (κ1) is 11.5. The molecule has 2 aromatic rings. The van der Waals surface area contributed by atoms with E-state index in [1.807, 2.05) is 36.2 Å². The van der Waals surface area contributed by atoms with Crippen molar-refractivity contribution in [3.05, 3.63) is 36.3 Å². The lowest BCUT2D eigenvalue weighted by atomic mass is 10.3. The van der Waals surface area contributed by atoms with Crippen molar-refractivity contribution in [3.8, 4) is 0 Å². The topological polar surface area (TPSA) is 43.3 Å². The van der Waals surface area contributed by atoms with Gasteiger partial charge in [0.1, 0.15) is 5.65 Å². The van der Waals surface area contributed by atoms with E-state index in [1.165, 1.54) is 0 Å². The first-order valence-electron chi connectivity index (χ1n) is 5.54. The number of rotatable bonds is 5. The van der Waals surface area contributed by atoms with Gasteiger partial charge in [-0.15, -0.1) is 0 Å². The van der Waals surface area contributed by atoms with Crippen molar-refractivity contribution in [1.29, 1.82) is 0 Å². The van der Waals surface area contributed by atoms with Crippen LogP contribution in [0.5, 0.6) is 0 Å². The molecule has 1 unspecified atom stereocenters. The van der Waals surface area contributed by atoms with E-state index >= 15 is 0 Å². The Labute approximate surface area is 100 Å². The monoisotopic (exact) mass is 235 g/mol. The van der Waals surface area contributed by atoms with Gasteiger partial charge in [-0.05, 0) is 25.1 Å². The summed E-state index contributed by atoms with van der Waals surface area (Å²) in [5.41, 5.74) is 7.68. The molecule has 2 heterocycles. The second kappa shape index (κ2) is 5.37. The van der Waals surface area contributed by atoms with Crippen LogP contribution in [0, 0.1) is 0 Å². The summed E-state index contributed by atoms with van der Waals surface area (Å²) in [4.78, 5) is 4.56. The highest BCUT2D eigenvalue weighted by Crippen LogP contribution is 2.19. The average Bonchev–Trinajstić information content (AvgIpc) is 2.69. The van der Waals surface area contributed by atoms with Crippen molar-refractivity contribution in [2.75, 3.05) is 6.54 Å². The molecule has 0 bridgehead atoms. The molecule has 0 aliphatic rings. The van der Waals surface area contributed by atoms with E-state index in [0.717, 1.165) is 30.1 Å². The molecular weight excluding hydrogens is 218 g/mol. The van der Waals surface area contributed by atoms with E-state index in [-0.39, 0.29) is 0 Å². The van der Waals surface area contributed by atoms with Crippen LogP contribution in [0.4, 0.5) is 0 Å². The van der Waals surface area contributed by atoms with Gasteiger partial charge in [0.2, 0.25) is 0 Å². The fraction of sp³-hybridized carbons (Fsp3) is 0.417. The third-order valence-corrected chi connectivity index (χ3v) is 3.77. The fourth-order valence-corrected chi connectivity index (χ4v) is 2.50. The SMILES string of the molecule is CC(CCN)SCc1cn2ccccc2n1. The number of imidazole rings is 1. The van der Waals surface area contributed by atoms with Crippen molar-refractivity contribution in [2.24, 2.45) is 5.73 Å². The summed E-state index contributed by atoms with van der Waals surface area (Å²) in [7, 11) is 0.